The third-order valence-electron chi connectivity index (χ3n) is 4.88. The van der Waals surface area contributed by atoms with Crippen LogP contribution in [0.25, 0.3) is 11.4 Å². The predicted octanol–water partition coefficient (Wildman–Crippen LogP) is 2.49. The van der Waals surface area contributed by atoms with Gasteiger partial charge >= 0.3 is 0 Å². The van der Waals surface area contributed by atoms with E-state index in [9.17, 15) is 4.79 Å². The predicted molar refractivity (Wildman–Crippen MR) is 101 cm³/mol. The van der Waals surface area contributed by atoms with Crippen LogP contribution in [-0.4, -0.2) is 52.7 Å². The first-order chi connectivity index (χ1) is 12.3. The van der Waals surface area contributed by atoms with Crippen molar-refractivity contribution in [1.29, 1.82) is 0 Å². The quantitative estimate of drug-likeness (QED) is 0.911. The molecule has 5 nitrogen and oxygen atoms in total. The van der Waals surface area contributed by atoms with Gasteiger partial charge in [-0.05, 0) is 12.0 Å². The molecular weight excluding hydrogens is 334 g/mol. The summed E-state index contributed by atoms with van der Waals surface area (Å²) in [5.74, 6) is 3.28. The van der Waals surface area contributed by atoms with Crippen LogP contribution in [0.3, 0.4) is 0 Å². The molecule has 0 amide bonds. The van der Waals surface area contributed by atoms with E-state index in [2.05, 4.69) is 28.1 Å². The van der Waals surface area contributed by atoms with E-state index in [0.717, 1.165) is 43.9 Å². The molecule has 2 aliphatic heterocycles. The van der Waals surface area contributed by atoms with Gasteiger partial charge < -0.3 is 9.72 Å². The topological polar surface area (TPSA) is 58.2 Å². The van der Waals surface area contributed by atoms with Crippen molar-refractivity contribution < 1.29 is 4.74 Å². The van der Waals surface area contributed by atoms with Crippen molar-refractivity contribution in [1.82, 2.24) is 14.9 Å². The number of H-pyrrole nitrogens is 1. The molecule has 2 fully saturated rings. The smallest absolute Gasteiger partial charge is 0.251 e. The zero-order valence-corrected chi connectivity index (χ0v) is 15.1. The minimum absolute atomic E-state index is 0.0870. The highest BCUT2D eigenvalue weighted by Gasteiger charge is 2.21. The molecule has 1 atom stereocenters. The molecule has 1 N–H and O–H groups in total. The molecule has 2 aliphatic rings. The molecule has 132 valence electrons. The monoisotopic (exact) mass is 357 g/mol. The Hall–Kier alpha value is -1.63. The van der Waals surface area contributed by atoms with E-state index >= 15 is 0 Å². The summed E-state index contributed by atoms with van der Waals surface area (Å²) in [6.45, 7) is 4.53. The number of nitrogens with one attached hydrogen (secondary N) is 1. The summed E-state index contributed by atoms with van der Waals surface area (Å²) in [6.07, 6.45) is 0.934. The standard InChI is InChI=1S/C19H23N3O2S/c23-18-11-17(15-5-8-24-13-15)20-19(21-18)16-4-2-1-3-14(16)12-22-6-9-25-10-7-22/h1-4,11,15H,5-10,12-13H2,(H,20,21,23). The van der Waals surface area contributed by atoms with Gasteiger partial charge in [0.15, 0.2) is 0 Å². The molecule has 0 radical (unpaired) electrons. The highest BCUT2D eigenvalue weighted by molar-refractivity contribution is 7.99. The number of benzene rings is 1. The van der Waals surface area contributed by atoms with Gasteiger partial charge in [-0.3, -0.25) is 9.69 Å². The van der Waals surface area contributed by atoms with Crippen LogP contribution in [0.2, 0.25) is 0 Å². The molecule has 6 heteroatoms. The molecule has 1 aromatic heterocycles. The summed E-state index contributed by atoms with van der Waals surface area (Å²) in [7, 11) is 0. The largest absolute Gasteiger partial charge is 0.381 e. The van der Waals surface area contributed by atoms with Crippen molar-refractivity contribution in [2.45, 2.75) is 18.9 Å². The SMILES string of the molecule is O=c1cc(C2CCOC2)nc(-c2ccccc2CN2CCSCC2)[nH]1. The highest BCUT2D eigenvalue weighted by Crippen LogP contribution is 2.26. The van der Waals surface area contributed by atoms with Crippen molar-refractivity contribution in [2.75, 3.05) is 37.8 Å². The average molecular weight is 357 g/mol. The fourth-order valence-corrected chi connectivity index (χ4v) is 4.45. The molecule has 25 heavy (non-hydrogen) atoms. The summed E-state index contributed by atoms with van der Waals surface area (Å²) in [5.41, 5.74) is 3.01. The van der Waals surface area contributed by atoms with E-state index in [1.165, 1.54) is 17.1 Å². The number of aromatic nitrogens is 2. The lowest BCUT2D eigenvalue weighted by Gasteiger charge is -2.27. The van der Waals surface area contributed by atoms with E-state index in [-0.39, 0.29) is 11.5 Å². The van der Waals surface area contributed by atoms with Crippen molar-refractivity contribution in [3.8, 4) is 11.4 Å². The molecule has 0 aliphatic carbocycles. The van der Waals surface area contributed by atoms with E-state index in [4.69, 9.17) is 9.72 Å². The van der Waals surface area contributed by atoms with Gasteiger partial charge in [0, 0.05) is 55.3 Å². The lowest BCUT2D eigenvalue weighted by atomic mass is 10.0. The normalized spacial score (nSPS) is 21.5. The fraction of sp³-hybridized carbons (Fsp3) is 0.474. The Morgan fingerprint density at radius 2 is 2.12 bits per heavy atom. The number of aromatic amines is 1. The summed E-state index contributed by atoms with van der Waals surface area (Å²) in [4.78, 5) is 22.4. The molecule has 0 spiro atoms. The van der Waals surface area contributed by atoms with Crippen LogP contribution in [0.4, 0.5) is 0 Å². The Bertz CT molecular complexity index is 780. The van der Waals surface area contributed by atoms with E-state index in [1.54, 1.807) is 6.07 Å². The Kier molecular flexibility index (Phi) is 5.20. The van der Waals surface area contributed by atoms with Crippen molar-refractivity contribution >= 4 is 11.8 Å². The minimum Gasteiger partial charge on any atom is -0.381 e. The van der Waals surface area contributed by atoms with Crippen LogP contribution in [0.5, 0.6) is 0 Å². The molecule has 1 aromatic carbocycles. The second-order valence-corrected chi connectivity index (χ2v) is 7.85. The summed E-state index contributed by atoms with van der Waals surface area (Å²) < 4.78 is 5.46. The number of hydrogen-bond donors (Lipinski definition) is 1. The van der Waals surface area contributed by atoms with E-state index in [0.29, 0.717) is 12.4 Å². The van der Waals surface area contributed by atoms with Gasteiger partial charge in [-0.2, -0.15) is 11.8 Å². The van der Waals surface area contributed by atoms with Gasteiger partial charge in [0.1, 0.15) is 5.82 Å². The highest BCUT2D eigenvalue weighted by atomic mass is 32.2. The zero-order valence-electron chi connectivity index (χ0n) is 14.2. The van der Waals surface area contributed by atoms with Crippen LogP contribution < -0.4 is 5.56 Å². The van der Waals surface area contributed by atoms with E-state index in [1.807, 2.05) is 17.8 Å². The van der Waals surface area contributed by atoms with Crippen LogP contribution in [0.15, 0.2) is 35.1 Å². The van der Waals surface area contributed by atoms with Crippen molar-refractivity contribution in [3.05, 3.63) is 51.9 Å². The lowest BCUT2D eigenvalue weighted by molar-refractivity contribution is 0.193. The van der Waals surface area contributed by atoms with Crippen molar-refractivity contribution in [2.24, 2.45) is 0 Å². The summed E-state index contributed by atoms with van der Waals surface area (Å²) >= 11 is 2.01. The van der Waals surface area contributed by atoms with Crippen LogP contribution in [0.1, 0.15) is 23.6 Å². The van der Waals surface area contributed by atoms with Gasteiger partial charge in [0.05, 0.1) is 12.3 Å². The number of rotatable bonds is 4. The summed E-state index contributed by atoms with van der Waals surface area (Å²) in [5, 5.41) is 0. The second kappa shape index (κ2) is 7.72. The van der Waals surface area contributed by atoms with Crippen LogP contribution in [0, 0.1) is 0 Å². The maximum atomic E-state index is 12.2. The molecule has 4 rings (SSSR count). The van der Waals surface area contributed by atoms with Gasteiger partial charge in [-0.25, -0.2) is 4.98 Å². The molecule has 0 saturated carbocycles. The average Bonchev–Trinajstić information content (AvgIpc) is 3.17. The minimum atomic E-state index is -0.0870. The maximum Gasteiger partial charge on any atom is 0.251 e. The summed E-state index contributed by atoms with van der Waals surface area (Å²) in [6, 6.07) is 9.89. The van der Waals surface area contributed by atoms with E-state index < -0.39 is 0 Å². The Labute approximate surface area is 151 Å². The zero-order chi connectivity index (χ0) is 17.1. The Balaban J connectivity index is 1.66. The molecule has 2 aromatic rings. The van der Waals surface area contributed by atoms with Gasteiger partial charge in [0.25, 0.3) is 5.56 Å². The number of thioether (sulfide) groups is 1. The molecule has 2 saturated heterocycles. The maximum absolute atomic E-state index is 12.2. The van der Waals surface area contributed by atoms with Crippen LogP contribution in [-0.2, 0) is 11.3 Å². The first kappa shape index (κ1) is 16.8. The molecule has 3 heterocycles. The number of hydrogen-bond acceptors (Lipinski definition) is 5. The number of ether oxygens (including phenoxy) is 1. The fourth-order valence-electron chi connectivity index (χ4n) is 3.47. The first-order valence-electron chi connectivity index (χ1n) is 8.87. The molecule has 0 bridgehead atoms. The van der Waals surface area contributed by atoms with Gasteiger partial charge in [-0.15, -0.1) is 0 Å². The third kappa shape index (κ3) is 3.97. The molecule has 1 unspecified atom stereocenters. The third-order valence-corrected chi connectivity index (χ3v) is 5.82. The Morgan fingerprint density at radius 3 is 2.92 bits per heavy atom. The van der Waals surface area contributed by atoms with Gasteiger partial charge in [0.2, 0.25) is 0 Å². The second-order valence-electron chi connectivity index (χ2n) is 6.63. The van der Waals surface area contributed by atoms with Crippen LogP contribution >= 0.6 is 11.8 Å². The van der Waals surface area contributed by atoms with Crippen molar-refractivity contribution in [3.63, 3.8) is 0 Å². The van der Waals surface area contributed by atoms with Gasteiger partial charge in [-0.1, -0.05) is 24.3 Å². The Morgan fingerprint density at radius 1 is 1.28 bits per heavy atom. The molecular formula is C19H23N3O2S. The number of nitrogens with zero attached hydrogens (tertiary/aromatic N) is 2. The lowest BCUT2D eigenvalue weighted by Crippen LogP contribution is -2.32. The first-order valence-corrected chi connectivity index (χ1v) is 10.0.